The van der Waals surface area contributed by atoms with Crippen LogP contribution in [0, 0.1) is 5.92 Å². The zero-order chi connectivity index (χ0) is 13.8. The number of anilines is 1. The van der Waals surface area contributed by atoms with Crippen molar-refractivity contribution >= 4 is 39.3 Å². The Morgan fingerprint density at radius 1 is 1.53 bits per heavy atom. The molecule has 0 aliphatic carbocycles. The third-order valence-electron chi connectivity index (χ3n) is 3.43. The summed E-state index contributed by atoms with van der Waals surface area (Å²) in [5.74, 6) is 1.000. The molecule has 0 bridgehead atoms. The number of halogens is 2. The summed E-state index contributed by atoms with van der Waals surface area (Å²) in [5, 5.41) is 0.655. The average Bonchev–Trinajstić information content (AvgIpc) is 2.54. The highest BCUT2D eigenvalue weighted by atomic mass is 79.9. The van der Waals surface area contributed by atoms with Crippen LogP contribution in [-0.4, -0.2) is 24.0 Å². The number of nitrogens with zero attached hydrogens (tertiary/aromatic N) is 2. The molecule has 1 fully saturated rings. The number of primary amides is 1. The van der Waals surface area contributed by atoms with Crippen LogP contribution in [0.3, 0.4) is 0 Å². The van der Waals surface area contributed by atoms with Gasteiger partial charge in [0.25, 0.3) is 0 Å². The van der Waals surface area contributed by atoms with Gasteiger partial charge in [-0.2, -0.15) is 0 Å². The number of pyridine rings is 1. The Morgan fingerprint density at radius 2 is 2.32 bits per heavy atom. The normalized spacial score (nSPS) is 20.1. The van der Waals surface area contributed by atoms with E-state index in [2.05, 4.69) is 25.8 Å². The van der Waals surface area contributed by atoms with Gasteiger partial charge in [-0.3, -0.25) is 4.79 Å². The molecule has 1 unspecified atom stereocenters. The molecule has 2 rings (SSSR count). The Hall–Kier alpha value is -0.810. The minimum absolute atomic E-state index is 0.210. The third-order valence-corrected chi connectivity index (χ3v) is 4.14. The molecule has 2 N–H and O–H groups in total. The molecule has 104 valence electrons. The largest absolute Gasteiger partial charge is 0.370 e. The molecule has 1 atom stereocenters. The van der Waals surface area contributed by atoms with Gasteiger partial charge in [0.05, 0.1) is 5.02 Å². The maximum absolute atomic E-state index is 11.0. The van der Waals surface area contributed by atoms with E-state index in [4.69, 9.17) is 17.3 Å². The molecule has 0 aromatic carbocycles. The summed E-state index contributed by atoms with van der Waals surface area (Å²) in [6, 6.07) is 1.86. The van der Waals surface area contributed by atoms with Gasteiger partial charge in [-0.15, -0.1) is 0 Å². The summed E-state index contributed by atoms with van der Waals surface area (Å²) < 4.78 is 0.877. The van der Waals surface area contributed by atoms with Gasteiger partial charge >= 0.3 is 0 Å². The van der Waals surface area contributed by atoms with Crippen LogP contribution < -0.4 is 10.6 Å². The number of carbonyl (C=O) groups is 1. The molecule has 6 heteroatoms. The van der Waals surface area contributed by atoms with Crippen LogP contribution in [0.1, 0.15) is 25.7 Å². The molecule has 1 saturated heterocycles. The standard InChI is InChI=1S/C13H17BrClN3O/c14-10-7-11(15)13(17-8-10)18-4-1-2-9(3-5-18)6-12(16)19/h7-9H,1-6H2,(H2,16,19). The summed E-state index contributed by atoms with van der Waals surface area (Å²) in [5.41, 5.74) is 5.27. The monoisotopic (exact) mass is 345 g/mol. The molecule has 2 heterocycles. The lowest BCUT2D eigenvalue weighted by atomic mass is 9.97. The average molecular weight is 347 g/mol. The molecule has 0 spiro atoms. The molecule has 19 heavy (non-hydrogen) atoms. The maximum Gasteiger partial charge on any atom is 0.217 e. The number of hydrogen-bond donors (Lipinski definition) is 1. The van der Waals surface area contributed by atoms with Crippen molar-refractivity contribution in [2.24, 2.45) is 11.7 Å². The minimum Gasteiger partial charge on any atom is -0.370 e. The maximum atomic E-state index is 11.0. The Kier molecular flexibility index (Phi) is 5.05. The fourth-order valence-corrected chi connectivity index (χ4v) is 3.25. The van der Waals surface area contributed by atoms with Crippen molar-refractivity contribution in [1.29, 1.82) is 0 Å². The van der Waals surface area contributed by atoms with Crippen molar-refractivity contribution in [3.63, 3.8) is 0 Å². The van der Waals surface area contributed by atoms with Gasteiger partial charge in [-0.05, 0) is 47.2 Å². The lowest BCUT2D eigenvalue weighted by molar-refractivity contribution is -0.118. The lowest BCUT2D eigenvalue weighted by Crippen LogP contribution is -2.25. The fraction of sp³-hybridized carbons (Fsp3) is 0.538. The second-order valence-corrected chi connectivity index (χ2v) is 6.24. The van der Waals surface area contributed by atoms with Crippen LogP contribution in [0.5, 0.6) is 0 Å². The van der Waals surface area contributed by atoms with E-state index in [1.807, 2.05) is 6.07 Å². The van der Waals surface area contributed by atoms with E-state index < -0.39 is 0 Å². The Morgan fingerprint density at radius 3 is 3.00 bits per heavy atom. The van der Waals surface area contributed by atoms with Gasteiger partial charge in [0.2, 0.25) is 5.91 Å². The van der Waals surface area contributed by atoms with Crippen LogP contribution >= 0.6 is 27.5 Å². The first kappa shape index (κ1) is 14.6. The highest BCUT2D eigenvalue weighted by Gasteiger charge is 2.20. The van der Waals surface area contributed by atoms with Crippen LogP contribution in [0.15, 0.2) is 16.7 Å². The van der Waals surface area contributed by atoms with Gasteiger partial charge < -0.3 is 10.6 Å². The molecule has 0 radical (unpaired) electrons. The second kappa shape index (κ2) is 6.57. The van der Waals surface area contributed by atoms with Crippen molar-refractivity contribution in [2.75, 3.05) is 18.0 Å². The van der Waals surface area contributed by atoms with Crippen molar-refractivity contribution in [3.8, 4) is 0 Å². The van der Waals surface area contributed by atoms with Crippen LogP contribution in [0.2, 0.25) is 5.02 Å². The van der Waals surface area contributed by atoms with Crippen LogP contribution in [0.4, 0.5) is 5.82 Å². The zero-order valence-electron chi connectivity index (χ0n) is 10.6. The Labute approximate surface area is 126 Å². The fourth-order valence-electron chi connectivity index (χ4n) is 2.51. The molecule has 1 aromatic rings. The predicted octanol–water partition coefficient (Wildman–Crippen LogP) is 2.98. The van der Waals surface area contributed by atoms with Gasteiger partial charge in [0.1, 0.15) is 5.82 Å². The first-order valence-electron chi connectivity index (χ1n) is 6.40. The molecule has 1 aromatic heterocycles. The number of nitrogens with two attached hydrogens (primary N) is 1. The highest BCUT2D eigenvalue weighted by molar-refractivity contribution is 9.10. The lowest BCUT2D eigenvalue weighted by Gasteiger charge is -2.22. The van der Waals surface area contributed by atoms with E-state index in [1.54, 1.807) is 6.20 Å². The summed E-state index contributed by atoms with van der Waals surface area (Å²) in [4.78, 5) is 17.6. The molecule has 4 nitrogen and oxygen atoms in total. The van der Waals surface area contributed by atoms with E-state index in [-0.39, 0.29) is 5.91 Å². The first-order chi connectivity index (χ1) is 9.06. The smallest absolute Gasteiger partial charge is 0.217 e. The topological polar surface area (TPSA) is 59.2 Å². The summed E-state index contributed by atoms with van der Waals surface area (Å²) in [6.45, 7) is 1.79. The molecule has 1 aliphatic heterocycles. The quantitative estimate of drug-likeness (QED) is 0.915. The van der Waals surface area contributed by atoms with E-state index in [0.29, 0.717) is 17.4 Å². The molecule has 0 saturated carbocycles. The molecule has 1 aliphatic rings. The number of hydrogen-bond acceptors (Lipinski definition) is 3. The van der Waals surface area contributed by atoms with Gasteiger partial charge in [-0.25, -0.2) is 4.98 Å². The Bertz CT molecular complexity index is 469. The minimum atomic E-state index is -0.210. The van der Waals surface area contributed by atoms with Crippen molar-refractivity contribution in [1.82, 2.24) is 4.98 Å². The van der Waals surface area contributed by atoms with E-state index >= 15 is 0 Å². The summed E-state index contributed by atoms with van der Waals surface area (Å²) in [6.07, 6.45) is 5.26. The van der Waals surface area contributed by atoms with E-state index in [0.717, 1.165) is 42.6 Å². The zero-order valence-corrected chi connectivity index (χ0v) is 13.0. The first-order valence-corrected chi connectivity index (χ1v) is 7.57. The SMILES string of the molecule is NC(=O)CC1CCCN(c2ncc(Br)cc2Cl)CC1. The second-order valence-electron chi connectivity index (χ2n) is 4.91. The molecular weight excluding hydrogens is 330 g/mol. The van der Waals surface area contributed by atoms with Gasteiger partial charge in [0.15, 0.2) is 0 Å². The summed E-state index contributed by atoms with van der Waals surface area (Å²) >= 11 is 9.58. The molecular formula is C13H17BrClN3O. The number of amides is 1. The van der Waals surface area contributed by atoms with Crippen LogP contribution in [-0.2, 0) is 4.79 Å². The Balaban J connectivity index is 2.04. The van der Waals surface area contributed by atoms with Gasteiger partial charge in [0, 0.05) is 30.2 Å². The number of carbonyl (C=O) groups excluding carboxylic acids is 1. The highest BCUT2D eigenvalue weighted by Crippen LogP contribution is 2.29. The van der Waals surface area contributed by atoms with Crippen molar-refractivity contribution in [3.05, 3.63) is 21.8 Å². The van der Waals surface area contributed by atoms with E-state index in [9.17, 15) is 4.79 Å². The third kappa shape index (κ3) is 4.08. The molecule has 1 amide bonds. The summed E-state index contributed by atoms with van der Waals surface area (Å²) in [7, 11) is 0. The van der Waals surface area contributed by atoms with Crippen LogP contribution in [0.25, 0.3) is 0 Å². The predicted molar refractivity (Wildman–Crippen MR) is 80.3 cm³/mol. The van der Waals surface area contributed by atoms with E-state index in [1.165, 1.54) is 0 Å². The number of aromatic nitrogens is 1. The van der Waals surface area contributed by atoms with Crippen molar-refractivity contribution < 1.29 is 4.79 Å². The van der Waals surface area contributed by atoms with Crippen molar-refractivity contribution in [2.45, 2.75) is 25.7 Å². The van der Waals surface area contributed by atoms with Gasteiger partial charge in [-0.1, -0.05) is 11.6 Å². The number of rotatable bonds is 3.